The zero-order valence-electron chi connectivity index (χ0n) is 10.1. The third-order valence-corrected chi connectivity index (χ3v) is 3.13. The van der Waals surface area contributed by atoms with E-state index in [1.54, 1.807) is 18.2 Å². The lowest BCUT2D eigenvalue weighted by Crippen LogP contribution is -2.44. The molecule has 0 spiro atoms. The quantitative estimate of drug-likeness (QED) is 0.837. The van der Waals surface area contributed by atoms with E-state index >= 15 is 0 Å². The fraction of sp³-hybridized carbons (Fsp3) is 0.417. The molecule has 0 aromatic heterocycles. The van der Waals surface area contributed by atoms with E-state index in [9.17, 15) is 4.79 Å². The van der Waals surface area contributed by atoms with E-state index in [-0.39, 0.29) is 12.5 Å². The summed E-state index contributed by atoms with van der Waals surface area (Å²) in [6.07, 6.45) is 0.559. The van der Waals surface area contributed by atoms with Crippen molar-refractivity contribution >= 4 is 29.1 Å². The van der Waals surface area contributed by atoms with Crippen molar-refractivity contribution in [3.05, 3.63) is 33.8 Å². The second-order valence-electron chi connectivity index (χ2n) is 3.80. The Kier molecular flexibility index (Phi) is 6.43. The topological polar surface area (TPSA) is 64.3 Å². The van der Waals surface area contributed by atoms with Crippen molar-refractivity contribution in [2.75, 3.05) is 20.3 Å². The van der Waals surface area contributed by atoms with Gasteiger partial charge in [0.1, 0.15) is 6.04 Å². The summed E-state index contributed by atoms with van der Waals surface area (Å²) in [7, 11) is 1.50. The lowest BCUT2D eigenvalue weighted by atomic mass is 10.1. The van der Waals surface area contributed by atoms with Gasteiger partial charge >= 0.3 is 0 Å². The number of rotatable bonds is 6. The van der Waals surface area contributed by atoms with Crippen LogP contribution in [0.3, 0.4) is 0 Å². The molecule has 4 nitrogen and oxygen atoms in total. The van der Waals surface area contributed by atoms with Crippen molar-refractivity contribution in [3.8, 4) is 0 Å². The maximum absolute atomic E-state index is 11.5. The average molecular weight is 291 g/mol. The Morgan fingerprint density at radius 3 is 2.61 bits per heavy atom. The Morgan fingerprint density at radius 1 is 1.44 bits per heavy atom. The molecule has 1 amide bonds. The fourth-order valence-electron chi connectivity index (χ4n) is 1.47. The van der Waals surface area contributed by atoms with Gasteiger partial charge in [0.05, 0.1) is 6.61 Å². The van der Waals surface area contributed by atoms with Crippen LogP contribution >= 0.6 is 23.2 Å². The number of hydrogen-bond acceptors (Lipinski definition) is 3. The molecule has 0 bridgehead atoms. The minimum absolute atomic E-state index is 0.193. The summed E-state index contributed by atoms with van der Waals surface area (Å²) in [6.45, 7) is 0.623. The van der Waals surface area contributed by atoms with E-state index in [1.807, 2.05) is 0 Å². The minimum atomic E-state index is -0.656. The molecule has 1 atom stereocenters. The first-order chi connectivity index (χ1) is 8.56. The summed E-state index contributed by atoms with van der Waals surface area (Å²) < 4.78 is 4.80. The van der Waals surface area contributed by atoms with Gasteiger partial charge in [-0.15, -0.1) is 0 Å². The Labute approximate surface area is 116 Å². The van der Waals surface area contributed by atoms with Crippen LogP contribution in [0.4, 0.5) is 0 Å². The van der Waals surface area contributed by atoms with E-state index in [0.717, 1.165) is 5.56 Å². The Hall–Kier alpha value is -0.810. The number of nitrogens with one attached hydrogen (secondary N) is 1. The number of hydrogen-bond donors (Lipinski definition) is 2. The van der Waals surface area contributed by atoms with Gasteiger partial charge in [0.25, 0.3) is 0 Å². The second kappa shape index (κ2) is 7.59. The molecule has 3 N–H and O–H groups in total. The van der Waals surface area contributed by atoms with Crippen molar-refractivity contribution in [1.82, 2.24) is 5.32 Å². The van der Waals surface area contributed by atoms with E-state index in [1.165, 1.54) is 7.11 Å². The van der Waals surface area contributed by atoms with Gasteiger partial charge in [-0.05, 0) is 24.1 Å². The predicted octanol–water partition coefficient (Wildman–Crippen LogP) is 1.63. The first-order valence-corrected chi connectivity index (χ1v) is 6.27. The van der Waals surface area contributed by atoms with Gasteiger partial charge in [-0.2, -0.15) is 0 Å². The summed E-state index contributed by atoms with van der Waals surface area (Å²) >= 11 is 12.0. The van der Waals surface area contributed by atoms with E-state index < -0.39 is 6.04 Å². The van der Waals surface area contributed by atoms with E-state index in [2.05, 4.69) is 5.32 Å². The van der Waals surface area contributed by atoms with Crippen LogP contribution in [-0.4, -0.2) is 32.2 Å². The Morgan fingerprint density at radius 2 is 2.06 bits per heavy atom. The number of benzene rings is 1. The monoisotopic (exact) mass is 290 g/mol. The molecule has 1 aromatic rings. The molecule has 0 radical (unpaired) electrons. The first-order valence-electron chi connectivity index (χ1n) is 5.51. The molecule has 0 fully saturated rings. The molecule has 0 saturated heterocycles. The highest BCUT2D eigenvalue weighted by Crippen LogP contribution is 2.24. The molecule has 0 aliphatic heterocycles. The number of nitrogens with two attached hydrogens (primary N) is 1. The molecule has 1 rings (SSSR count). The molecule has 1 unspecified atom stereocenters. The molecule has 0 heterocycles. The van der Waals surface area contributed by atoms with Crippen LogP contribution in [0.2, 0.25) is 10.0 Å². The van der Waals surface area contributed by atoms with Crippen molar-refractivity contribution < 1.29 is 9.53 Å². The first kappa shape index (κ1) is 15.2. The van der Waals surface area contributed by atoms with Crippen molar-refractivity contribution in [2.24, 2.45) is 5.73 Å². The standard InChI is InChI=1S/C12H16Cl2N2O2/c1-18-7-11(15)12(17)16-6-5-8-9(13)3-2-4-10(8)14/h2-4,11H,5-7,15H2,1H3,(H,16,17). The molecule has 6 heteroatoms. The van der Waals surface area contributed by atoms with E-state index in [4.69, 9.17) is 33.7 Å². The third kappa shape index (κ3) is 4.46. The second-order valence-corrected chi connectivity index (χ2v) is 4.62. The number of methoxy groups -OCH3 is 1. The molecule has 100 valence electrons. The highest BCUT2D eigenvalue weighted by Gasteiger charge is 2.12. The van der Waals surface area contributed by atoms with Crippen LogP contribution in [0.15, 0.2) is 18.2 Å². The normalized spacial score (nSPS) is 12.2. The van der Waals surface area contributed by atoms with Gasteiger partial charge in [-0.1, -0.05) is 29.3 Å². The highest BCUT2D eigenvalue weighted by molar-refractivity contribution is 6.35. The lowest BCUT2D eigenvalue weighted by molar-refractivity contribution is -0.123. The van der Waals surface area contributed by atoms with Gasteiger partial charge in [-0.3, -0.25) is 4.79 Å². The summed E-state index contributed by atoms with van der Waals surface area (Å²) in [6, 6.07) is 4.65. The van der Waals surface area contributed by atoms with Crippen molar-refractivity contribution in [1.29, 1.82) is 0 Å². The van der Waals surface area contributed by atoms with Gasteiger partial charge in [0.15, 0.2) is 0 Å². The number of carbonyl (C=O) groups excluding carboxylic acids is 1. The van der Waals surface area contributed by atoms with Gasteiger partial charge in [0, 0.05) is 23.7 Å². The molecular formula is C12H16Cl2N2O2. The Bertz CT molecular complexity index is 393. The van der Waals surface area contributed by atoms with Crippen LogP contribution in [0.5, 0.6) is 0 Å². The Balaban J connectivity index is 2.44. The SMILES string of the molecule is COCC(N)C(=O)NCCc1c(Cl)cccc1Cl. The zero-order chi connectivity index (χ0) is 13.5. The van der Waals surface area contributed by atoms with Crippen LogP contribution in [0, 0.1) is 0 Å². The molecule has 0 aliphatic carbocycles. The highest BCUT2D eigenvalue weighted by atomic mass is 35.5. The molecule has 0 aliphatic rings. The van der Waals surface area contributed by atoms with Crippen molar-refractivity contribution in [3.63, 3.8) is 0 Å². The summed E-state index contributed by atoms with van der Waals surface area (Å²) in [5.41, 5.74) is 6.40. The number of ether oxygens (including phenoxy) is 1. The van der Waals surface area contributed by atoms with Crippen LogP contribution in [0.1, 0.15) is 5.56 Å². The number of halogens is 2. The van der Waals surface area contributed by atoms with Crippen LogP contribution in [-0.2, 0) is 16.0 Å². The van der Waals surface area contributed by atoms with Gasteiger partial charge < -0.3 is 15.8 Å². The fourth-order valence-corrected chi connectivity index (χ4v) is 2.05. The smallest absolute Gasteiger partial charge is 0.239 e. The lowest BCUT2D eigenvalue weighted by Gasteiger charge is -2.12. The summed E-state index contributed by atoms with van der Waals surface area (Å²) in [5, 5.41) is 3.90. The van der Waals surface area contributed by atoms with Crippen LogP contribution in [0.25, 0.3) is 0 Å². The third-order valence-electron chi connectivity index (χ3n) is 2.42. The molecule has 18 heavy (non-hydrogen) atoms. The minimum Gasteiger partial charge on any atom is -0.383 e. The largest absolute Gasteiger partial charge is 0.383 e. The van der Waals surface area contributed by atoms with Gasteiger partial charge in [0.2, 0.25) is 5.91 Å². The molecule has 1 aromatic carbocycles. The zero-order valence-corrected chi connectivity index (χ0v) is 11.6. The van der Waals surface area contributed by atoms with Crippen molar-refractivity contribution in [2.45, 2.75) is 12.5 Å². The van der Waals surface area contributed by atoms with Crippen LogP contribution < -0.4 is 11.1 Å². The summed E-state index contributed by atoms with van der Waals surface area (Å²) in [4.78, 5) is 11.5. The number of carbonyl (C=O) groups is 1. The number of amides is 1. The van der Waals surface area contributed by atoms with Gasteiger partial charge in [-0.25, -0.2) is 0 Å². The maximum atomic E-state index is 11.5. The molecular weight excluding hydrogens is 275 g/mol. The van der Waals surface area contributed by atoms with E-state index in [0.29, 0.717) is 23.0 Å². The molecule has 0 saturated carbocycles. The average Bonchev–Trinajstić information content (AvgIpc) is 2.33. The maximum Gasteiger partial charge on any atom is 0.239 e. The predicted molar refractivity (Wildman–Crippen MR) is 73.0 cm³/mol. The summed E-state index contributed by atoms with van der Waals surface area (Å²) in [5.74, 6) is -0.250.